The number of carbonyl (C=O) groups is 1. The number of allylic oxidation sites excluding steroid dienone is 1. The lowest BCUT2D eigenvalue weighted by Gasteiger charge is -2.19. The second-order valence-electron chi connectivity index (χ2n) is 7.52. The van der Waals surface area contributed by atoms with E-state index in [4.69, 9.17) is 10.4 Å². The zero-order chi connectivity index (χ0) is 22.7. The third-order valence-corrected chi connectivity index (χ3v) is 4.33. The summed E-state index contributed by atoms with van der Waals surface area (Å²) < 4.78 is 0. The zero-order valence-electron chi connectivity index (χ0n) is 17.7. The van der Waals surface area contributed by atoms with Gasteiger partial charge >= 0.3 is 5.97 Å². The fourth-order valence-electron chi connectivity index (χ4n) is 2.80. The van der Waals surface area contributed by atoms with Gasteiger partial charge in [0.1, 0.15) is 0 Å². The molecule has 0 saturated heterocycles. The van der Waals surface area contributed by atoms with E-state index in [2.05, 4.69) is 20.6 Å². The molecule has 31 heavy (non-hydrogen) atoms. The van der Waals surface area contributed by atoms with Crippen molar-refractivity contribution in [2.24, 2.45) is 4.99 Å². The van der Waals surface area contributed by atoms with Gasteiger partial charge in [-0.1, -0.05) is 24.3 Å². The van der Waals surface area contributed by atoms with Crippen molar-refractivity contribution in [1.29, 1.82) is 5.26 Å². The van der Waals surface area contributed by atoms with Crippen LogP contribution in [0.5, 0.6) is 0 Å². The van der Waals surface area contributed by atoms with Crippen LogP contribution in [0.4, 0.5) is 5.69 Å². The van der Waals surface area contributed by atoms with E-state index in [1.165, 1.54) is 0 Å². The first-order valence-electron chi connectivity index (χ1n) is 9.90. The number of hydrogen-bond acceptors (Lipinski definition) is 5. The number of aliphatic hydroxyl groups is 1. The number of pyridine rings is 1. The van der Waals surface area contributed by atoms with Gasteiger partial charge in [-0.15, -0.1) is 0 Å². The lowest BCUT2D eigenvalue weighted by Crippen LogP contribution is -2.33. The van der Waals surface area contributed by atoms with Gasteiger partial charge < -0.3 is 15.5 Å². The van der Waals surface area contributed by atoms with E-state index >= 15 is 0 Å². The molecule has 2 rings (SSSR count). The van der Waals surface area contributed by atoms with Crippen LogP contribution in [0.2, 0.25) is 0 Å². The van der Waals surface area contributed by atoms with Crippen molar-refractivity contribution in [3.05, 3.63) is 66.0 Å². The molecule has 1 heterocycles. The standard InChI is InChI=1S/C23H27N5O3/c1-23(2,15-29)28-22(26-16-24)27-19-9-5-7-17(13-19)20(10-3-4-11-21(30)31)18-8-6-12-25-14-18/h5-10,12-14,29H,3-4,11,15H2,1-2H3,(H,30,31)(H2,26,27,28). The minimum absolute atomic E-state index is 0.110. The number of aliphatic hydroxyl groups excluding tert-OH is 1. The highest BCUT2D eigenvalue weighted by Crippen LogP contribution is 2.26. The van der Waals surface area contributed by atoms with E-state index in [0.29, 0.717) is 18.5 Å². The Bertz CT molecular complexity index is 978. The second kappa shape index (κ2) is 11.5. The Hall–Kier alpha value is -3.70. The van der Waals surface area contributed by atoms with E-state index in [0.717, 1.165) is 16.7 Å². The molecule has 0 amide bonds. The molecule has 0 spiro atoms. The Morgan fingerprint density at radius 2 is 2.06 bits per heavy atom. The highest BCUT2D eigenvalue weighted by molar-refractivity contribution is 5.95. The van der Waals surface area contributed by atoms with E-state index in [1.54, 1.807) is 26.2 Å². The minimum atomic E-state index is -0.815. The van der Waals surface area contributed by atoms with Crippen LogP contribution in [-0.4, -0.2) is 39.3 Å². The number of nitriles is 1. The molecule has 8 heteroatoms. The van der Waals surface area contributed by atoms with Gasteiger partial charge in [-0.2, -0.15) is 5.26 Å². The van der Waals surface area contributed by atoms with Crippen LogP contribution < -0.4 is 10.6 Å². The van der Waals surface area contributed by atoms with Crippen LogP contribution in [0.25, 0.3) is 5.57 Å². The molecule has 0 radical (unpaired) electrons. The van der Waals surface area contributed by atoms with Crippen LogP contribution in [-0.2, 0) is 4.79 Å². The molecule has 1 aromatic carbocycles. The monoisotopic (exact) mass is 421 g/mol. The Kier molecular flexibility index (Phi) is 8.73. The molecule has 0 aliphatic heterocycles. The third-order valence-electron chi connectivity index (χ3n) is 4.33. The lowest BCUT2D eigenvalue weighted by atomic mass is 9.97. The van der Waals surface area contributed by atoms with Crippen molar-refractivity contribution in [1.82, 2.24) is 10.3 Å². The normalized spacial score (nSPS) is 12.2. The first-order valence-corrected chi connectivity index (χ1v) is 9.90. The quantitative estimate of drug-likeness (QED) is 0.160. The molecule has 8 nitrogen and oxygen atoms in total. The smallest absolute Gasteiger partial charge is 0.303 e. The summed E-state index contributed by atoms with van der Waals surface area (Å²) in [4.78, 5) is 19.4. The molecule has 0 unspecified atom stereocenters. The number of carboxylic acids is 1. The number of nitrogens with one attached hydrogen (secondary N) is 2. The van der Waals surface area contributed by atoms with Gasteiger partial charge in [0.15, 0.2) is 6.19 Å². The van der Waals surface area contributed by atoms with Gasteiger partial charge in [0, 0.05) is 30.1 Å². The van der Waals surface area contributed by atoms with Crippen molar-refractivity contribution in [3.63, 3.8) is 0 Å². The maximum Gasteiger partial charge on any atom is 0.303 e. The molecule has 0 saturated carbocycles. The van der Waals surface area contributed by atoms with Crippen molar-refractivity contribution in [2.75, 3.05) is 11.9 Å². The first kappa shape index (κ1) is 23.6. The topological polar surface area (TPSA) is 131 Å². The van der Waals surface area contributed by atoms with Crippen molar-refractivity contribution in [2.45, 2.75) is 38.6 Å². The number of hydrogen-bond donors (Lipinski definition) is 4. The van der Waals surface area contributed by atoms with Crippen LogP contribution in [0.3, 0.4) is 0 Å². The van der Waals surface area contributed by atoms with Crippen molar-refractivity contribution in [3.8, 4) is 6.19 Å². The predicted molar refractivity (Wildman–Crippen MR) is 120 cm³/mol. The average molecular weight is 422 g/mol. The lowest BCUT2D eigenvalue weighted by molar-refractivity contribution is -0.137. The number of benzene rings is 1. The Morgan fingerprint density at radius 1 is 1.29 bits per heavy atom. The Balaban J connectivity index is 2.34. The van der Waals surface area contributed by atoms with Gasteiger partial charge in [0.05, 0.1) is 12.1 Å². The van der Waals surface area contributed by atoms with E-state index in [9.17, 15) is 9.90 Å². The van der Waals surface area contributed by atoms with Crippen molar-refractivity contribution >= 4 is 23.2 Å². The highest BCUT2D eigenvalue weighted by Gasteiger charge is 2.16. The van der Waals surface area contributed by atoms with Gasteiger partial charge in [0.2, 0.25) is 5.96 Å². The molecule has 0 fully saturated rings. The first-order chi connectivity index (χ1) is 14.8. The third kappa shape index (κ3) is 7.91. The number of aliphatic carboxylic acids is 1. The van der Waals surface area contributed by atoms with Crippen LogP contribution >= 0.6 is 0 Å². The second-order valence-corrected chi connectivity index (χ2v) is 7.52. The van der Waals surface area contributed by atoms with Crippen LogP contribution in [0.15, 0.2) is 59.9 Å². The summed E-state index contributed by atoms with van der Waals surface area (Å²) in [6.07, 6.45) is 8.58. The van der Waals surface area contributed by atoms with Gasteiger partial charge in [-0.3, -0.25) is 15.1 Å². The molecule has 0 bridgehead atoms. The number of guanidine groups is 1. The van der Waals surface area contributed by atoms with E-state index in [-0.39, 0.29) is 19.0 Å². The van der Waals surface area contributed by atoms with Crippen LogP contribution in [0, 0.1) is 11.5 Å². The van der Waals surface area contributed by atoms with Crippen LogP contribution in [0.1, 0.15) is 44.2 Å². The molecular formula is C23H27N5O3. The molecule has 0 aliphatic carbocycles. The number of aromatic nitrogens is 1. The summed E-state index contributed by atoms with van der Waals surface area (Å²) in [5, 5.41) is 33.0. The number of carboxylic acid groups (broad SMARTS) is 1. The number of nitrogens with zero attached hydrogens (tertiary/aromatic N) is 3. The predicted octanol–water partition coefficient (Wildman–Crippen LogP) is 3.38. The highest BCUT2D eigenvalue weighted by atomic mass is 16.4. The minimum Gasteiger partial charge on any atom is -0.481 e. The fourth-order valence-corrected chi connectivity index (χ4v) is 2.80. The Labute approximate surface area is 182 Å². The van der Waals surface area contributed by atoms with Gasteiger partial charge in [0.25, 0.3) is 0 Å². The SMILES string of the molecule is CC(C)(CO)N=C(NC#N)Nc1cccc(C(=CCCCC(=O)O)c2cccnc2)c1. The summed E-state index contributed by atoms with van der Waals surface area (Å²) in [5.41, 5.74) is 2.71. The van der Waals surface area contributed by atoms with Gasteiger partial charge in [-0.05, 0) is 56.0 Å². The number of rotatable bonds is 9. The summed E-state index contributed by atoms with van der Waals surface area (Å²) in [6, 6.07) is 11.4. The average Bonchev–Trinajstić information content (AvgIpc) is 2.74. The summed E-state index contributed by atoms with van der Waals surface area (Å²) in [5.74, 6) is -0.586. The largest absolute Gasteiger partial charge is 0.481 e. The maximum absolute atomic E-state index is 10.8. The molecule has 0 aliphatic rings. The maximum atomic E-state index is 10.8. The van der Waals surface area contributed by atoms with Gasteiger partial charge in [-0.25, -0.2) is 4.99 Å². The summed E-state index contributed by atoms with van der Waals surface area (Å²) in [7, 11) is 0. The number of aliphatic imine (C=N–C) groups is 1. The fraction of sp³-hybridized carbons (Fsp3) is 0.304. The number of anilines is 1. The summed E-state index contributed by atoms with van der Waals surface area (Å²) in [6.45, 7) is 3.34. The zero-order valence-corrected chi connectivity index (χ0v) is 17.7. The molecule has 2 aromatic rings. The molecule has 0 atom stereocenters. The van der Waals surface area contributed by atoms with E-state index < -0.39 is 11.5 Å². The number of unbranched alkanes of at least 4 members (excludes halogenated alkanes) is 1. The molecule has 4 N–H and O–H groups in total. The molecular weight excluding hydrogens is 394 g/mol. The molecule has 162 valence electrons. The summed E-state index contributed by atoms with van der Waals surface area (Å²) >= 11 is 0. The molecule has 1 aromatic heterocycles. The van der Waals surface area contributed by atoms with E-state index in [1.807, 2.05) is 48.7 Å². The Morgan fingerprint density at radius 3 is 2.71 bits per heavy atom. The van der Waals surface area contributed by atoms with Crippen molar-refractivity contribution < 1.29 is 15.0 Å².